The molecule has 0 unspecified atom stereocenters. The topological polar surface area (TPSA) is 66.2 Å². The van der Waals surface area contributed by atoms with Crippen LogP contribution in [0.4, 0.5) is 0 Å². The van der Waals surface area contributed by atoms with Gasteiger partial charge in [0.25, 0.3) is 0 Å². The number of aryl methyl sites for hydroxylation is 1. The monoisotopic (exact) mass is 214 g/mol. The molecular weight excluding hydrogens is 203 g/mol. The molecule has 4 nitrogen and oxygen atoms in total. The number of aromatic nitrogens is 2. The zero-order valence-corrected chi connectivity index (χ0v) is 8.83. The maximum atomic E-state index is 8.92. The first-order chi connectivity index (χ1) is 7.68. The molecule has 0 aliphatic carbocycles. The van der Waals surface area contributed by atoms with E-state index in [1.54, 1.807) is 0 Å². The Kier molecular flexibility index (Phi) is 2.98. The minimum Gasteiger partial charge on any atom is -0.423 e. The van der Waals surface area contributed by atoms with Gasteiger partial charge < -0.3 is 10.0 Å². The van der Waals surface area contributed by atoms with Crippen LogP contribution in [0.1, 0.15) is 5.56 Å². The SMILES string of the molecule is Cc1ccccc1-c1ncc(B(O)O)cn1. The van der Waals surface area contributed by atoms with Gasteiger partial charge in [-0.1, -0.05) is 24.3 Å². The van der Waals surface area contributed by atoms with Gasteiger partial charge in [0.2, 0.25) is 0 Å². The number of hydrogen-bond acceptors (Lipinski definition) is 4. The van der Waals surface area contributed by atoms with Crippen LogP contribution in [0.15, 0.2) is 36.7 Å². The molecule has 2 rings (SSSR count). The second-order valence-corrected chi connectivity index (χ2v) is 3.53. The van der Waals surface area contributed by atoms with Crippen LogP contribution < -0.4 is 5.46 Å². The lowest BCUT2D eigenvalue weighted by Crippen LogP contribution is -2.30. The molecule has 1 aromatic heterocycles. The van der Waals surface area contributed by atoms with Gasteiger partial charge in [-0.25, -0.2) is 9.97 Å². The van der Waals surface area contributed by atoms with E-state index in [9.17, 15) is 0 Å². The maximum absolute atomic E-state index is 8.92. The lowest BCUT2D eigenvalue weighted by Gasteiger charge is -2.04. The van der Waals surface area contributed by atoms with Crippen LogP contribution in [0.2, 0.25) is 0 Å². The average Bonchev–Trinajstić information content (AvgIpc) is 2.30. The molecule has 0 saturated heterocycles. The first-order valence-corrected chi connectivity index (χ1v) is 4.92. The molecule has 0 aliphatic rings. The van der Waals surface area contributed by atoms with Crippen LogP contribution in [0.25, 0.3) is 11.4 Å². The fraction of sp³-hybridized carbons (Fsp3) is 0.0909. The van der Waals surface area contributed by atoms with Gasteiger partial charge in [0.15, 0.2) is 5.82 Å². The highest BCUT2D eigenvalue weighted by molar-refractivity contribution is 6.58. The van der Waals surface area contributed by atoms with E-state index in [0.29, 0.717) is 5.82 Å². The number of hydrogen-bond donors (Lipinski definition) is 2. The quantitative estimate of drug-likeness (QED) is 0.697. The molecule has 0 radical (unpaired) electrons. The zero-order chi connectivity index (χ0) is 11.5. The van der Waals surface area contributed by atoms with E-state index in [4.69, 9.17) is 10.0 Å². The Labute approximate surface area is 93.8 Å². The van der Waals surface area contributed by atoms with E-state index >= 15 is 0 Å². The Morgan fingerprint density at radius 2 is 1.69 bits per heavy atom. The summed E-state index contributed by atoms with van der Waals surface area (Å²) in [6, 6.07) is 7.78. The van der Waals surface area contributed by atoms with Crippen molar-refractivity contribution in [2.45, 2.75) is 6.92 Å². The summed E-state index contributed by atoms with van der Waals surface area (Å²) >= 11 is 0. The summed E-state index contributed by atoms with van der Waals surface area (Å²) in [4.78, 5) is 8.20. The molecule has 2 N–H and O–H groups in total. The lowest BCUT2D eigenvalue weighted by atomic mass is 9.83. The van der Waals surface area contributed by atoms with Gasteiger partial charge in [-0.05, 0) is 12.5 Å². The average molecular weight is 214 g/mol. The van der Waals surface area contributed by atoms with Crippen molar-refractivity contribution in [2.75, 3.05) is 0 Å². The molecule has 0 aliphatic heterocycles. The predicted octanol–water partition coefficient (Wildman–Crippen LogP) is 0.132. The van der Waals surface area contributed by atoms with Crippen LogP contribution >= 0.6 is 0 Å². The van der Waals surface area contributed by atoms with E-state index in [-0.39, 0.29) is 5.46 Å². The van der Waals surface area contributed by atoms with Gasteiger partial charge in [-0.2, -0.15) is 0 Å². The van der Waals surface area contributed by atoms with Crippen LogP contribution in [0.3, 0.4) is 0 Å². The Balaban J connectivity index is 2.39. The van der Waals surface area contributed by atoms with Crippen LogP contribution in [-0.2, 0) is 0 Å². The molecule has 5 heteroatoms. The van der Waals surface area contributed by atoms with Crippen molar-refractivity contribution in [1.29, 1.82) is 0 Å². The molecule has 1 heterocycles. The molecule has 0 fully saturated rings. The van der Waals surface area contributed by atoms with Crippen molar-refractivity contribution in [2.24, 2.45) is 0 Å². The fourth-order valence-electron chi connectivity index (χ4n) is 1.43. The molecule has 0 spiro atoms. The van der Waals surface area contributed by atoms with Crippen LogP contribution in [-0.4, -0.2) is 27.1 Å². The number of rotatable bonds is 2. The highest BCUT2D eigenvalue weighted by Crippen LogP contribution is 2.17. The third-order valence-corrected chi connectivity index (χ3v) is 2.36. The normalized spacial score (nSPS) is 10.2. The van der Waals surface area contributed by atoms with Crippen molar-refractivity contribution in [3.63, 3.8) is 0 Å². The molecule has 0 saturated carbocycles. The van der Waals surface area contributed by atoms with Gasteiger partial charge in [-0.15, -0.1) is 0 Å². The van der Waals surface area contributed by atoms with E-state index in [1.807, 2.05) is 31.2 Å². The lowest BCUT2D eigenvalue weighted by molar-refractivity contribution is 0.425. The van der Waals surface area contributed by atoms with Crippen molar-refractivity contribution in [3.8, 4) is 11.4 Å². The summed E-state index contributed by atoms with van der Waals surface area (Å²) in [5.74, 6) is 0.586. The smallest absolute Gasteiger partial charge is 0.423 e. The minimum absolute atomic E-state index is 0.289. The predicted molar refractivity (Wildman–Crippen MR) is 62.0 cm³/mol. The van der Waals surface area contributed by atoms with E-state index in [0.717, 1.165) is 11.1 Å². The maximum Gasteiger partial charge on any atom is 0.491 e. The second-order valence-electron chi connectivity index (χ2n) is 3.53. The fourth-order valence-corrected chi connectivity index (χ4v) is 1.43. The third-order valence-electron chi connectivity index (χ3n) is 2.36. The van der Waals surface area contributed by atoms with Crippen LogP contribution in [0, 0.1) is 6.92 Å². The largest absolute Gasteiger partial charge is 0.491 e. The molecule has 80 valence electrons. The Bertz CT molecular complexity index is 486. The van der Waals surface area contributed by atoms with Crippen molar-refractivity contribution >= 4 is 12.6 Å². The van der Waals surface area contributed by atoms with Gasteiger partial charge in [0, 0.05) is 23.4 Å². The second kappa shape index (κ2) is 4.43. The van der Waals surface area contributed by atoms with Gasteiger partial charge in [0.05, 0.1) is 0 Å². The van der Waals surface area contributed by atoms with Gasteiger partial charge in [-0.3, -0.25) is 0 Å². The highest BCUT2D eigenvalue weighted by Gasteiger charge is 2.12. The Morgan fingerprint density at radius 1 is 1.06 bits per heavy atom. The summed E-state index contributed by atoms with van der Waals surface area (Å²) in [7, 11) is -1.52. The Hall–Kier alpha value is -1.72. The first kappa shape index (κ1) is 10.8. The van der Waals surface area contributed by atoms with E-state index < -0.39 is 7.12 Å². The standard InChI is InChI=1S/C11H11BN2O2/c1-8-4-2-3-5-10(8)11-13-6-9(7-14-11)12(15)16/h2-7,15-16H,1H3. The minimum atomic E-state index is -1.52. The van der Waals surface area contributed by atoms with Crippen molar-refractivity contribution < 1.29 is 10.0 Å². The van der Waals surface area contributed by atoms with Gasteiger partial charge >= 0.3 is 7.12 Å². The molecule has 2 aromatic rings. The van der Waals surface area contributed by atoms with Gasteiger partial charge in [0.1, 0.15) is 0 Å². The summed E-state index contributed by atoms with van der Waals surface area (Å²) in [5.41, 5.74) is 2.32. The highest BCUT2D eigenvalue weighted by atomic mass is 16.4. The summed E-state index contributed by atoms with van der Waals surface area (Å²) in [6.07, 6.45) is 2.83. The van der Waals surface area contributed by atoms with Crippen molar-refractivity contribution in [3.05, 3.63) is 42.2 Å². The first-order valence-electron chi connectivity index (χ1n) is 4.92. The molecule has 16 heavy (non-hydrogen) atoms. The number of benzene rings is 1. The molecule has 1 aromatic carbocycles. The van der Waals surface area contributed by atoms with E-state index in [1.165, 1.54) is 12.4 Å². The summed E-state index contributed by atoms with van der Waals surface area (Å²) in [6.45, 7) is 1.98. The molecule has 0 amide bonds. The molecule has 0 bridgehead atoms. The van der Waals surface area contributed by atoms with E-state index in [2.05, 4.69) is 9.97 Å². The van der Waals surface area contributed by atoms with Crippen LogP contribution in [0.5, 0.6) is 0 Å². The zero-order valence-electron chi connectivity index (χ0n) is 8.83. The molecule has 0 atom stereocenters. The Morgan fingerprint density at radius 3 is 2.25 bits per heavy atom. The summed E-state index contributed by atoms with van der Waals surface area (Å²) in [5, 5.41) is 17.8. The third kappa shape index (κ3) is 2.10. The molecular formula is C11H11BN2O2. The summed E-state index contributed by atoms with van der Waals surface area (Å²) < 4.78 is 0. The van der Waals surface area contributed by atoms with Crippen molar-refractivity contribution in [1.82, 2.24) is 9.97 Å². The number of nitrogens with zero attached hydrogens (tertiary/aromatic N) is 2.